The number of carbonyl (C=O) groups is 1. The Balaban J connectivity index is 2.43. The third kappa shape index (κ3) is 3.67. The van der Waals surface area contributed by atoms with Crippen LogP contribution in [0.1, 0.15) is 24.3 Å². The van der Waals surface area contributed by atoms with Gasteiger partial charge >= 0.3 is 5.97 Å². The maximum Gasteiger partial charge on any atom is 0.360 e. The minimum absolute atomic E-state index is 0.238. The summed E-state index contributed by atoms with van der Waals surface area (Å²) >= 11 is 0. The van der Waals surface area contributed by atoms with Crippen molar-refractivity contribution in [3.8, 4) is 0 Å². The SMILES string of the molecule is COC(=O)c1cn(CCNC(C)C)nn1. The number of methoxy groups -OCH3 is 1. The van der Waals surface area contributed by atoms with Gasteiger partial charge in [0.25, 0.3) is 0 Å². The molecule has 15 heavy (non-hydrogen) atoms. The van der Waals surface area contributed by atoms with Crippen LogP contribution in [-0.4, -0.2) is 40.7 Å². The van der Waals surface area contributed by atoms with Crippen LogP contribution in [0.3, 0.4) is 0 Å². The highest BCUT2D eigenvalue weighted by Gasteiger charge is 2.09. The summed E-state index contributed by atoms with van der Waals surface area (Å²) in [6.07, 6.45) is 1.58. The van der Waals surface area contributed by atoms with Crippen LogP contribution in [0.5, 0.6) is 0 Å². The summed E-state index contributed by atoms with van der Waals surface area (Å²) in [6, 6.07) is 0.439. The lowest BCUT2D eigenvalue weighted by molar-refractivity contribution is 0.0594. The van der Waals surface area contributed by atoms with E-state index in [0.29, 0.717) is 12.6 Å². The standard InChI is InChI=1S/C9H16N4O2/c1-7(2)10-4-5-13-6-8(11-12-13)9(14)15-3/h6-7,10H,4-5H2,1-3H3. The minimum atomic E-state index is -0.460. The van der Waals surface area contributed by atoms with Gasteiger partial charge in [0.05, 0.1) is 19.9 Å². The van der Waals surface area contributed by atoms with Crippen molar-refractivity contribution < 1.29 is 9.53 Å². The van der Waals surface area contributed by atoms with Crippen molar-refractivity contribution in [2.24, 2.45) is 0 Å². The molecule has 0 bridgehead atoms. The molecule has 1 aromatic heterocycles. The highest BCUT2D eigenvalue weighted by Crippen LogP contribution is 1.94. The molecule has 0 unspecified atom stereocenters. The monoisotopic (exact) mass is 212 g/mol. The molecule has 1 heterocycles. The Morgan fingerprint density at radius 1 is 1.67 bits per heavy atom. The molecule has 0 amide bonds. The Hall–Kier alpha value is -1.43. The average Bonchev–Trinajstić information content (AvgIpc) is 2.65. The van der Waals surface area contributed by atoms with E-state index in [0.717, 1.165) is 6.54 Å². The Labute approximate surface area is 88.6 Å². The minimum Gasteiger partial charge on any atom is -0.464 e. The molecule has 0 radical (unpaired) electrons. The van der Waals surface area contributed by atoms with E-state index < -0.39 is 5.97 Å². The lowest BCUT2D eigenvalue weighted by Crippen LogP contribution is -2.26. The maximum atomic E-state index is 11.1. The topological polar surface area (TPSA) is 69.0 Å². The number of carbonyl (C=O) groups excluding carboxylic acids is 1. The molecule has 1 rings (SSSR count). The highest BCUT2D eigenvalue weighted by atomic mass is 16.5. The van der Waals surface area contributed by atoms with Gasteiger partial charge in [0.1, 0.15) is 0 Å². The number of esters is 1. The fraction of sp³-hybridized carbons (Fsp3) is 0.667. The zero-order valence-corrected chi connectivity index (χ0v) is 9.23. The summed E-state index contributed by atoms with van der Waals surface area (Å²) in [5, 5.41) is 10.7. The molecule has 0 fully saturated rings. The van der Waals surface area contributed by atoms with Crippen LogP contribution in [0.4, 0.5) is 0 Å². The zero-order valence-electron chi connectivity index (χ0n) is 9.23. The van der Waals surface area contributed by atoms with Crippen LogP contribution in [0.25, 0.3) is 0 Å². The molecule has 0 atom stereocenters. The zero-order chi connectivity index (χ0) is 11.3. The van der Waals surface area contributed by atoms with Crippen LogP contribution in [0.2, 0.25) is 0 Å². The van der Waals surface area contributed by atoms with Crippen molar-refractivity contribution in [1.29, 1.82) is 0 Å². The van der Waals surface area contributed by atoms with Crippen molar-refractivity contribution in [3.63, 3.8) is 0 Å². The van der Waals surface area contributed by atoms with Gasteiger partial charge in [-0.2, -0.15) is 0 Å². The number of nitrogens with zero attached hydrogens (tertiary/aromatic N) is 3. The predicted octanol–water partition coefficient (Wildman–Crippen LogP) is 0.0627. The van der Waals surface area contributed by atoms with E-state index in [1.807, 2.05) is 0 Å². The quantitative estimate of drug-likeness (QED) is 0.699. The second-order valence-electron chi connectivity index (χ2n) is 3.47. The van der Waals surface area contributed by atoms with Gasteiger partial charge in [0.2, 0.25) is 0 Å². The summed E-state index contributed by atoms with van der Waals surface area (Å²) in [6.45, 7) is 5.62. The van der Waals surface area contributed by atoms with E-state index >= 15 is 0 Å². The predicted molar refractivity (Wildman–Crippen MR) is 54.5 cm³/mol. The van der Waals surface area contributed by atoms with Gasteiger partial charge in [-0.25, -0.2) is 4.79 Å². The molecular formula is C9H16N4O2. The van der Waals surface area contributed by atoms with Crippen LogP contribution in [-0.2, 0) is 11.3 Å². The Morgan fingerprint density at radius 3 is 3.00 bits per heavy atom. The van der Waals surface area contributed by atoms with E-state index in [-0.39, 0.29) is 5.69 Å². The second kappa shape index (κ2) is 5.45. The first-order valence-corrected chi connectivity index (χ1v) is 4.85. The molecule has 0 aliphatic heterocycles. The van der Waals surface area contributed by atoms with Crippen LogP contribution in [0.15, 0.2) is 6.20 Å². The lowest BCUT2D eigenvalue weighted by Gasteiger charge is -2.06. The van der Waals surface area contributed by atoms with Crippen molar-refractivity contribution >= 4 is 5.97 Å². The average molecular weight is 212 g/mol. The number of aromatic nitrogens is 3. The molecule has 0 saturated heterocycles. The normalized spacial score (nSPS) is 10.7. The van der Waals surface area contributed by atoms with E-state index in [1.54, 1.807) is 10.9 Å². The summed E-state index contributed by atoms with van der Waals surface area (Å²) in [5.74, 6) is -0.460. The van der Waals surface area contributed by atoms with Gasteiger partial charge in [-0.05, 0) is 0 Å². The van der Waals surface area contributed by atoms with Crippen LogP contribution in [0, 0.1) is 0 Å². The van der Waals surface area contributed by atoms with Gasteiger partial charge in [0.15, 0.2) is 5.69 Å². The molecule has 0 spiro atoms. The molecule has 84 valence electrons. The number of rotatable bonds is 5. The molecule has 0 aliphatic rings. The van der Waals surface area contributed by atoms with E-state index in [9.17, 15) is 4.79 Å². The number of hydrogen-bond donors (Lipinski definition) is 1. The van der Waals surface area contributed by atoms with Crippen molar-refractivity contribution in [2.75, 3.05) is 13.7 Å². The highest BCUT2D eigenvalue weighted by molar-refractivity contribution is 5.86. The Kier molecular flexibility index (Phi) is 4.23. The Morgan fingerprint density at radius 2 is 2.40 bits per heavy atom. The van der Waals surface area contributed by atoms with Crippen molar-refractivity contribution in [3.05, 3.63) is 11.9 Å². The second-order valence-corrected chi connectivity index (χ2v) is 3.47. The maximum absolute atomic E-state index is 11.1. The van der Waals surface area contributed by atoms with Gasteiger partial charge < -0.3 is 10.1 Å². The van der Waals surface area contributed by atoms with E-state index in [4.69, 9.17) is 0 Å². The molecule has 0 saturated carbocycles. The molecule has 1 N–H and O–H groups in total. The van der Waals surface area contributed by atoms with E-state index in [1.165, 1.54) is 7.11 Å². The Bertz CT molecular complexity index is 322. The van der Waals surface area contributed by atoms with Crippen molar-refractivity contribution in [2.45, 2.75) is 26.4 Å². The van der Waals surface area contributed by atoms with Gasteiger partial charge in [-0.3, -0.25) is 4.68 Å². The fourth-order valence-corrected chi connectivity index (χ4v) is 1.07. The first-order chi connectivity index (χ1) is 7.13. The fourth-order valence-electron chi connectivity index (χ4n) is 1.07. The molecular weight excluding hydrogens is 196 g/mol. The van der Waals surface area contributed by atoms with E-state index in [2.05, 4.69) is 34.2 Å². The molecule has 6 heteroatoms. The van der Waals surface area contributed by atoms with Crippen LogP contribution >= 0.6 is 0 Å². The van der Waals surface area contributed by atoms with Gasteiger partial charge in [0, 0.05) is 12.6 Å². The van der Waals surface area contributed by atoms with Gasteiger partial charge in [-0.15, -0.1) is 5.10 Å². The summed E-state index contributed by atoms with van der Waals surface area (Å²) in [7, 11) is 1.32. The molecule has 0 aromatic carbocycles. The first kappa shape index (κ1) is 11.6. The van der Waals surface area contributed by atoms with Crippen molar-refractivity contribution in [1.82, 2.24) is 20.3 Å². The first-order valence-electron chi connectivity index (χ1n) is 4.85. The number of nitrogens with one attached hydrogen (secondary N) is 1. The molecule has 0 aliphatic carbocycles. The lowest BCUT2D eigenvalue weighted by atomic mass is 10.4. The third-order valence-corrected chi connectivity index (χ3v) is 1.83. The summed E-state index contributed by atoms with van der Waals surface area (Å²) in [5.41, 5.74) is 0.238. The largest absolute Gasteiger partial charge is 0.464 e. The molecule has 6 nitrogen and oxygen atoms in total. The third-order valence-electron chi connectivity index (χ3n) is 1.83. The number of ether oxygens (including phenoxy) is 1. The number of hydrogen-bond acceptors (Lipinski definition) is 5. The van der Waals surface area contributed by atoms with Crippen LogP contribution < -0.4 is 5.32 Å². The summed E-state index contributed by atoms with van der Waals surface area (Å²) < 4.78 is 6.13. The summed E-state index contributed by atoms with van der Waals surface area (Å²) in [4.78, 5) is 11.1. The van der Waals surface area contributed by atoms with Gasteiger partial charge in [-0.1, -0.05) is 19.1 Å². The molecule has 1 aromatic rings. The smallest absolute Gasteiger partial charge is 0.360 e.